The minimum atomic E-state index is -0.934. The van der Waals surface area contributed by atoms with Crippen LogP contribution in [0.25, 0.3) is 0 Å². The van der Waals surface area contributed by atoms with Crippen molar-refractivity contribution in [2.24, 2.45) is 5.92 Å². The number of rotatable bonds is 7. The van der Waals surface area contributed by atoms with Gasteiger partial charge in [-0.3, -0.25) is 9.59 Å². The van der Waals surface area contributed by atoms with Gasteiger partial charge in [-0.2, -0.15) is 0 Å². The molecule has 0 aliphatic carbocycles. The number of ketones is 1. The van der Waals surface area contributed by atoms with Crippen LogP contribution in [0.5, 0.6) is 0 Å². The fourth-order valence-electron chi connectivity index (χ4n) is 2.95. The summed E-state index contributed by atoms with van der Waals surface area (Å²) in [7, 11) is 0. The summed E-state index contributed by atoms with van der Waals surface area (Å²) in [5, 5.41) is 9.64. The van der Waals surface area contributed by atoms with Gasteiger partial charge in [-0.05, 0) is 30.7 Å². The van der Waals surface area contributed by atoms with Crippen LogP contribution in [0.15, 0.2) is 30.3 Å². The molecule has 0 saturated carbocycles. The quantitative estimate of drug-likeness (QED) is 0.833. The summed E-state index contributed by atoms with van der Waals surface area (Å²) in [5.41, 5.74) is 1.13. The molecule has 134 valence electrons. The predicted octanol–water partition coefficient (Wildman–Crippen LogP) is 3.22. The van der Waals surface area contributed by atoms with E-state index < -0.39 is 12.1 Å². The number of likely N-dealkylation sites (tertiary alicyclic amines) is 1. The number of Topliss-reactive ketones (excluding diaryl/α,β-unsaturated/α-hetero) is 1. The highest BCUT2D eigenvalue weighted by Crippen LogP contribution is 2.21. The van der Waals surface area contributed by atoms with Gasteiger partial charge >= 0.3 is 0 Å². The zero-order chi connectivity index (χ0) is 18.1. The number of carbonyl (C=O) groups is 2. The van der Waals surface area contributed by atoms with Crippen LogP contribution in [0.3, 0.4) is 0 Å². The molecule has 0 bridgehead atoms. The van der Waals surface area contributed by atoms with Gasteiger partial charge in [0.2, 0.25) is 0 Å². The molecule has 2 unspecified atom stereocenters. The lowest BCUT2D eigenvalue weighted by Gasteiger charge is -2.28. The van der Waals surface area contributed by atoms with Crippen molar-refractivity contribution < 1.29 is 14.7 Å². The molecule has 1 N–H and O–H groups in total. The van der Waals surface area contributed by atoms with Crippen molar-refractivity contribution >= 4 is 11.7 Å². The maximum absolute atomic E-state index is 12.6. The van der Waals surface area contributed by atoms with Crippen LogP contribution in [0.4, 0.5) is 0 Å². The summed E-state index contributed by atoms with van der Waals surface area (Å²) in [6.07, 6.45) is 1.28. The lowest BCUT2D eigenvalue weighted by Crippen LogP contribution is -2.44. The minimum absolute atomic E-state index is 0.0972. The third kappa shape index (κ3) is 5.75. The first kappa shape index (κ1) is 20.4. The molecule has 1 fully saturated rings. The molecular weight excluding hydrogens is 302 g/mol. The molecule has 4 nitrogen and oxygen atoms in total. The van der Waals surface area contributed by atoms with Crippen molar-refractivity contribution in [1.82, 2.24) is 4.90 Å². The van der Waals surface area contributed by atoms with Gasteiger partial charge in [-0.25, -0.2) is 0 Å². The molecule has 1 aromatic carbocycles. The van der Waals surface area contributed by atoms with Crippen LogP contribution in [-0.4, -0.2) is 40.4 Å². The molecule has 1 aliphatic rings. The Morgan fingerprint density at radius 1 is 1.25 bits per heavy atom. The average molecular weight is 333 g/mol. The summed E-state index contributed by atoms with van der Waals surface area (Å²) < 4.78 is 0. The second kappa shape index (κ2) is 10.2. The van der Waals surface area contributed by atoms with Crippen molar-refractivity contribution in [3.8, 4) is 0 Å². The number of aryl methyl sites for hydroxylation is 1. The summed E-state index contributed by atoms with van der Waals surface area (Å²) in [4.78, 5) is 26.2. The van der Waals surface area contributed by atoms with Crippen LogP contribution in [0.2, 0.25) is 0 Å². The Hall–Kier alpha value is -1.68. The molecule has 1 saturated heterocycles. The number of carbonyl (C=O) groups excluding carboxylic acids is 2. The first-order valence-electron chi connectivity index (χ1n) is 9.04. The molecule has 1 heterocycles. The fraction of sp³-hybridized carbons (Fsp3) is 0.600. The lowest BCUT2D eigenvalue weighted by atomic mass is 9.95. The standard InChI is InChI=1S/C18H25NO3.C2H6/c1-13(2)12-15(19-11-10-17(21)18(19)22)16(20)9-8-14-6-4-3-5-7-14;1-2/h3-7,13,15,17,21H,8-12H2,1-2H3;1-2H3. The summed E-state index contributed by atoms with van der Waals surface area (Å²) >= 11 is 0. The van der Waals surface area contributed by atoms with Crippen molar-refractivity contribution in [3.05, 3.63) is 35.9 Å². The maximum atomic E-state index is 12.6. The fourth-order valence-corrected chi connectivity index (χ4v) is 2.95. The van der Waals surface area contributed by atoms with Crippen molar-refractivity contribution in [2.45, 2.75) is 65.5 Å². The Kier molecular flexibility index (Phi) is 8.69. The van der Waals surface area contributed by atoms with E-state index in [9.17, 15) is 14.7 Å². The monoisotopic (exact) mass is 333 g/mol. The van der Waals surface area contributed by atoms with E-state index in [1.165, 1.54) is 0 Å². The highest BCUT2D eigenvalue weighted by molar-refractivity contribution is 5.91. The molecule has 4 heteroatoms. The Morgan fingerprint density at radius 2 is 1.88 bits per heavy atom. The Labute approximate surface area is 145 Å². The van der Waals surface area contributed by atoms with E-state index in [2.05, 4.69) is 13.8 Å². The summed E-state index contributed by atoms with van der Waals surface area (Å²) in [5.74, 6) is 0.134. The topological polar surface area (TPSA) is 57.6 Å². The molecule has 2 atom stereocenters. The highest BCUT2D eigenvalue weighted by Gasteiger charge is 2.37. The van der Waals surface area contributed by atoms with Gasteiger partial charge in [0.05, 0.1) is 6.04 Å². The van der Waals surface area contributed by atoms with Gasteiger partial charge in [0.1, 0.15) is 6.10 Å². The highest BCUT2D eigenvalue weighted by atomic mass is 16.3. The molecule has 0 radical (unpaired) electrons. The first-order chi connectivity index (χ1) is 11.5. The first-order valence-corrected chi connectivity index (χ1v) is 9.04. The number of hydrogen-bond acceptors (Lipinski definition) is 3. The van der Waals surface area contributed by atoms with E-state index in [4.69, 9.17) is 0 Å². The van der Waals surface area contributed by atoms with Gasteiger partial charge in [-0.15, -0.1) is 0 Å². The van der Waals surface area contributed by atoms with Crippen LogP contribution in [0.1, 0.15) is 52.5 Å². The molecule has 0 aromatic heterocycles. The number of aliphatic hydroxyl groups excluding tert-OH is 1. The molecular formula is C20H31NO3. The number of benzene rings is 1. The van der Waals surface area contributed by atoms with Crippen LogP contribution in [-0.2, 0) is 16.0 Å². The number of hydrogen-bond donors (Lipinski definition) is 1. The Bertz CT molecular complexity index is 513. The molecule has 2 rings (SSSR count). The van der Waals surface area contributed by atoms with E-state index in [0.29, 0.717) is 38.1 Å². The van der Waals surface area contributed by atoms with Crippen LogP contribution >= 0.6 is 0 Å². The predicted molar refractivity (Wildman–Crippen MR) is 96.7 cm³/mol. The van der Waals surface area contributed by atoms with Gasteiger partial charge in [-0.1, -0.05) is 58.0 Å². The largest absolute Gasteiger partial charge is 0.383 e. The van der Waals surface area contributed by atoms with E-state index in [1.807, 2.05) is 44.2 Å². The van der Waals surface area contributed by atoms with Gasteiger partial charge < -0.3 is 10.0 Å². The molecule has 1 aliphatic heterocycles. The molecule has 1 amide bonds. The molecule has 24 heavy (non-hydrogen) atoms. The SMILES string of the molecule is CC.CC(C)CC(C(=O)CCc1ccccc1)N1CCC(O)C1=O. The smallest absolute Gasteiger partial charge is 0.252 e. The normalized spacial score (nSPS) is 18.3. The Morgan fingerprint density at radius 3 is 2.38 bits per heavy atom. The van der Waals surface area contributed by atoms with Gasteiger partial charge in [0, 0.05) is 13.0 Å². The number of aliphatic hydroxyl groups is 1. The zero-order valence-electron chi connectivity index (χ0n) is 15.4. The molecule has 1 aromatic rings. The van der Waals surface area contributed by atoms with Crippen LogP contribution in [0, 0.1) is 5.92 Å². The van der Waals surface area contributed by atoms with Crippen molar-refractivity contribution in [3.63, 3.8) is 0 Å². The summed E-state index contributed by atoms with van der Waals surface area (Å²) in [6.45, 7) is 8.58. The van der Waals surface area contributed by atoms with Crippen molar-refractivity contribution in [1.29, 1.82) is 0 Å². The van der Waals surface area contributed by atoms with Gasteiger partial charge in [0.25, 0.3) is 5.91 Å². The van der Waals surface area contributed by atoms with Crippen molar-refractivity contribution in [2.75, 3.05) is 6.54 Å². The Balaban J connectivity index is 0.00000139. The minimum Gasteiger partial charge on any atom is -0.383 e. The number of amides is 1. The average Bonchev–Trinajstić information content (AvgIpc) is 2.92. The van der Waals surface area contributed by atoms with E-state index in [0.717, 1.165) is 5.56 Å². The second-order valence-electron chi connectivity index (χ2n) is 6.43. The van der Waals surface area contributed by atoms with Crippen LogP contribution < -0.4 is 0 Å². The summed E-state index contributed by atoms with van der Waals surface area (Å²) in [6, 6.07) is 9.51. The lowest BCUT2D eigenvalue weighted by molar-refractivity contribution is -0.141. The van der Waals surface area contributed by atoms with Gasteiger partial charge in [0.15, 0.2) is 5.78 Å². The number of nitrogens with zero attached hydrogens (tertiary/aromatic N) is 1. The second-order valence-corrected chi connectivity index (χ2v) is 6.43. The maximum Gasteiger partial charge on any atom is 0.252 e. The van der Waals surface area contributed by atoms with E-state index in [-0.39, 0.29) is 11.7 Å². The third-order valence-electron chi connectivity index (χ3n) is 4.16. The third-order valence-corrected chi connectivity index (χ3v) is 4.16. The zero-order valence-corrected chi connectivity index (χ0v) is 15.4. The molecule has 0 spiro atoms. The van der Waals surface area contributed by atoms with E-state index in [1.54, 1.807) is 4.90 Å². The van der Waals surface area contributed by atoms with E-state index >= 15 is 0 Å².